The fraction of sp³-hybridized carbons (Fsp3) is 0.154. The number of hydrogen-bond acceptors (Lipinski definition) is 3. The second-order valence-corrected chi connectivity index (χ2v) is 4.86. The Bertz CT molecular complexity index is 695. The van der Waals surface area contributed by atoms with E-state index in [2.05, 4.69) is 5.10 Å². The van der Waals surface area contributed by atoms with Crippen molar-refractivity contribution >= 4 is 29.0 Å². The lowest BCUT2D eigenvalue weighted by Gasteiger charge is -2.06. The number of hydrogen-bond donors (Lipinski definition) is 0. The number of carbonyl (C=O) groups excluding carboxylic acids is 1. The molecule has 98 valence electrons. The fourth-order valence-corrected chi connectivity index (χ4v) is 1.99. The van der Waals surface area contributed by atoms with Crippen LogP contribution in [0.2, 0.25) is 10.0 Å². The number of aryl methyl sites for hydroxylation is 1. The first kappa shape index (κ1) is 13.8. The van der Waals surface area contributed by atoms with Crippen molar-refractivity contribution in [2.45, 2.75) is 13.5 Å². The van der Waals surface area contributed by atoms with Gasteiger partial charge in [0.25, 0.3) is 5.56 Å². The molecule has 2 aromatic rings. The molecule has 0 amide bonds. The van der Waals surface area contributed by atoms with Crippen LogP contribution in [-0.2, 0) is 6.54 Å². The standard InChI is InChI=1S/C13H10Cl2N2O2/c1-8-2-5-13(19)17(16-8)7-12(18)10-6-9(14)3-4-11(10)15/h2-6H,7H2,1H3. The molecule has 0 unspecified atom stereocenters. The Hall–Kier alpha value is -1.65. The van der Waals surface area contributed by atoms with Gasteiger partial charge in [0.05, 0.1) is 10.7 Å². The average molecular weight is 297 g/mol. The summed E-state index contributed by atoms with van der Waals surface area (Å²) in [5, 5.41) is 4.71. The van der Waals surface area contributed by atoms with E-state index in [0.29, 0.717) is 15.7 Å². The molecular weight excluding hydrogens is 287 g/mol. The van der Waals surface area contributed by atoms with Crippen molar-refractivity contribution in [3.8, 4) is 0 Å². The molecule has 1 heterocycles. The zero-order chi connectivity index (χ0) is 14.0. The zero-order valence-corrected chi connectivity index (χ0v) is 11.6. The van der Waals surface area contributed by atoms with Gasteiger partial charge in [0.1, 0.15) is 6.54 Å². The monoisotopic (exact) mass is 296 g/mol. The maximum atomic E-state index is 12.1. The molecule has 0 N–H and O–H groups in total. The average Bonchev–Trinajstić information content (AvgIpc) is 2.36. The molecular formula is C13H10Cl2N2O2. The van der Waals surface area contributed by atoms with E-state index >= 15 is 0 Å². The first-order chi connectivity index (χ1) is 8.97. The third-order valence-electron chi connectivity index (χ3n) is 2.52. The highest BCUT2D eigenvalue weighted by atomic mass is 35.5. The zero-order valence-electron chi connectivity index (χ0n) is 10.1. The number of benzene rings is 1. The Morgan fingerprint density at radius 1 is 1.26 bits per heavy atom. The van der Waals surface area contributed by atoms with Gasteiger partial charge in [0, 0.05) is 16.7 Å². The largest absolute Gasteiger partial charge is 0.292 e. The molecule has 0 spiro atoms. The summed E-state index contributed by atoms with van der Waals surface area (Å²) in [6.07, 6.45) is 0. The highest BCUT2D eigenvalue weighted by Crippen LogP contribution is 2.21. The minimum absolute atomic E-state index is 0.166. The molecule has 4 nitrogen and oxygen atoms in total. The number of carbonyl (C=O) groups is 1. The highest BCUT2D eigenvalue weighted by Gasteiger charge is 2.13. The summed E-state index contributed by atoms with van der Waals surface area (Å²) in [5.41, 5.74) is 0.603. The molecule has 0 bridgehead atoms. The second-order valence-electron chi connectivity index (χ2n) is 4.02. The summed E-state index contributed by atoms with van der Waals surface area (Å²) >= 11 is 11.8. The highest BCUT2D eigenvalue weighted by molar-refractivity contribution is 6.35. The Morgan fingerprint density at radius 2 is 2.00 bits per heavy atom. The Balaban J connectivity index is 2.33. The van der Waals surface area contributed by atoms with E-state index in [9.17, 15) is 9.59 Å². The summed E-state index contributed by atoms with van der Waals surface area (Å²) in [5.74, 6) is -0.312. The Labute approximate surface area is 119 Å². The van der Waals surface area contributed by atoms with Crippen LogP contribution in [0.1, 0.15) is 16.1 Å². The van der Waals surface area contributed by atoms with Crippen LogP contribution in [0.25, 0.3) is 0 Å². The van der Waals surface area contributed by atoms with Crippen molar-refractivity contribution in [3.63, 3.8) is 0 Å². The number of halogens is 2. The molecule has 1 aromatic heterocycles. The molecule has 0 fully saturated rings. The molecule has 0 saturated carbocycles. The van der Waals surface area contributed by atoms with E-state index < -0.39 is 0 Å². The number of nitrogens with zero attached hydrogens (tertiary/aromatic N) is 2. The summed E-state index contributed by atoms with van der Waals surface area (Å²) < 4.78 is 1.11. The molecule has 0 saturated heterocycles. The third kappa shape index (κ3) is 3.22. The van der Waals surface area contributed by atoms with Gasteiger partial charge >= 0.3 is 0 Å². The van der Waals surface area contributed by atoms with Crippen molar-refractivity contribution in [1.29, 1.82) is 0 Å². The summed E-state index contributed by atoms with van der Waals surface area (Å²) in [4.78, 5) is 23.7. The van der Waals surface area contributed by atoms with Gasteiger partial charge < -0.3 is 0 Å². The van der Waals surface area contributed by atoms with Crippen LogP contribution < -0.4 is 5.56 Å². The summed E-state index contributed by atoms with van der Waals surface area (Å²) in [7, 11) is 0. The first-order valence-corrected chi connectivity index (χ1v) is 6.26. The van der Waals surface area contributed by atoms with Gasteiger partial charge in [-0.05, 0) is 31.2 Å². The quantitative estimate of drug-likeness (QED) is 0.819. The van der Waals surface area contributed by atoms with Crippen LogP contribution in [0.3, 0.4) is 0 Å². The second kappa shape index (κ2) is 5.55. The van der Waals surface area contributed by atoms with Crippen LogP contribution in [0.15, 0.2) is 35.1 Å². The van der Waals surface area contributed by atoms with Crippen molar-refractivity contribution in [3.05, 3.63) is 62.0 Å². The smallest absolute Gasteiger partial charge is 0.267 e. The SMILES string of the molecule is Cc1ccc(=O)n(CC(=O)c2cc(Cl)ccc2Cl)n1. The predicted octanol–water partition coefficient (Wildman–Crippen LogP) is 2.74. The van der Waals surface area contributed by atoms with Crippen LogP contribution in [0, 0.1) is 6.92 Å². The lowest BCUT2D eigenvalue weighted by atomic mass is 10.1. The summed E-state index contributed by atoms with van der Waals surface area (Å²) in [6.45, 7) is 1.58. The molecule has 2 rings (SSSR count). The number of rotatable bonds is 3. The van der Waals surface area contributed by atoms with Crippen molar-refractivity contribution in [1.82, 2.24) is 9.78 Å². The van der Waals surface area contributed by atoms with E-state index in [4.69, 9.17) is 23.2 Å². The van der Waals surface area contributed by atoms with E-state index in [1.807, 2.05) is 0 Å². The maximum absolute atomic E-state index is 12.1. The van der Waals surface area contributed by atoms with Crippen molar-refractivity contribution in [2.75, 3.05) is 0 Å². The lowest BCUT2D eigenvalue weighted by molar-refractivity contribution is 0.0965. The van der Waals surface area contributed by atoms with Crippen molar-refractivity contribution < 1.29 is 4.79 Å². The van der Waals surface area contributed by atoms with Crippen LogP contribution in [0.4, 0.5) is 0 Å². The molecule has 0 radical (unpaired) electrons. The van der Waals surface area contributed by atoms with Gasteiger partial charge in [-0.3, -0.25) is 9.59 Å². The minimum atomic E-state index is -0.336. The molecule has 0 atom stereocenters. The van der Waals surface area contributed by atoms with Crippen LogP contribution in [0.5, 0.6) is 0 Å². The lowest BCUT2D eigenvalue weighted by Crippen LogP contribution is -2.26. The van der Waals surface area contributed by atoms with Gasteiger partial charge in [0.2, 0.25) is 0 Å². The molecule has 0 aliphatic heterocycles. The first-order valence-electron chi connectivity index (χ1n) is 5.50. The van der Waals surface area contributed by atoms with E-state index in [-0.39, 0.29) is 23.5 Å². The molecule has 6 heteroatoms. The van der Waals surface area contributed by atoms with E-state index in [1.54, 1.807) is 25.1 Å². The van der Waals surface area contributed by atoms with Gasteiger partial charge in [-0.1, -0.05) is 23.2 Å². The summed E-state index contributed by atoms with van der Waals surface area (Å²) in [6, 6.07) is 7.58. The van der Waals surface area contributed by atoms with E-state index in [0.717, 1.165) is 4.68 Å². The maximum Gasteiger partial charge on any atom is 0.267 e. The van der Waals surface area contributed by atoms with Gasteiger partial charge in [0.15, 0.2) is 5.78 Å². The van der Waals surface area contributed by atoms with Gasteiger partial charge in [-0.2, -0.15) is 5.10 Å². The minimum Gasteiger partial charge on any atom is -0.292 e. The van der Waals surface area contributed by atoms with Crippen molar-refractivity contribution in [2.24, 2.45) is 0 Å². The van der Waals surface area contributed by atoms with Crippen LogP contribution in [-0.4, -0.2) is 15.6 Å². The molecule has 19 heavy (non-hydrogen) atoms. The fourth-order valence-electron chi connectivity index (χ4n) is 1.60. The Morgan fingerprint density at radius 3 is 2.74 bits per heavy atom. The predicted molar refractivity (Wildman–Crippen MR) is 74.0 cm³/mol. The third-order valence-corrected chi connectivity index (χ3v) is 3.09. The van der Waals surface area contributed by atoms with Crippen LogP contribution >= 0.6 is 23.2 Å². The normalized spacial score (nSPS) is 10.5. The number of aromatic nitrogens is 2. The Kier molecular flexibility index (Phi) is 4.02. The number of Topliss-reactive ketones (excluding diaryl/α,β-unsaturated/α-hetero) is 1. The number of ketones is 1. The van der Waals surface area contributed by atoms with Gasteiger partial charge in [-0.15, -0.1) is 0 Å². The van der Waals surface area contributed by atoms with Gasteiger partial charge in [-0.25, -0.2) is 4.68 Å². The van der Waals surface area contributed by atoms with E-state index in [1.165, 1.54) is 12.1 Å². The molecule has 0 aliphatic carbocycles. The molecule has 1 aromatic carbocycles. The topological polar surface area (TPSA) is 52.0 Å². The molecule has 0 aliphatic rings.